The first-order chi connectivity index (χ1) is 13.4. The van der Waals surface area contributed by atoms with Gasteiger partial charge in [-0.05, 0) is 5.56 Å². The lowest BCUT2D eigenvalue weighted by Gasteiger charge is -2.21. The molecule has 0 radical (unpaired) electrons. The summed E-state index contributed by atoms with van der Waals surface area (Å²) >= 11 is 1.55. The van der Waals surface area contributed by atoms with Crippen LogP contribution in [0.5, 0.6) is 0 Å². The Kier molecular flexibility index (Phi) is 8.13. The summed E-state index contributed by atoms with van der Waals surface area (Å²) in [6, 6.07) is 7.70. The summed E-state index contributed by atoms with van der Waals surface area (Å²) in [6.45, 7) is 4.51. The quantitative estimate of drug-likeness (QED) is 0.513. The van der Waals surface area contributed by atoms with E-state index in [0.717, 1.165) is 16.3 Å². The van der Waals surface area contributed by atoms with E-state index in [4.69, 9.17) is 4.74 Å². The molecule has 1 unspecified atom stereocenters. The summed E-state index contributed by atoms with van der Waals surface area (Å²) in [5.41, 5.74) is 1.61. The van der Waals surface area contributed by atoms with Crippen LogP contribution in [0.2, 0.25) is 0 Å². The third-order valence-corrected chi connectivity index (χ3v) is 5.14. The van der Waals surface area contributed by atoms with Crippen molar-refractivity contribution in [1.82, 2.24) is 15.2 Å². The molecule has 0 saturated heterocycles. The molecule has 1 aromatic carbocycles. The van der Waals surface area contributed by atoms with Crippen LogP contribution in [0.3, 0.4) is 0 Å². The van der Waals surface area contributed by atoms with Crippen molar-refractivity contribution in [2.45, 2.75) is 45.4 Å². The van der Waals surface area contributed by atoms with Crippen LogP contribution in [0.4, 0.5) is 4.79 Å². The molecule has 1 aromatic heterocycles. The minimum Gasteiger partial charge on any atom is -0.459 e. The van der Waals surface area contributed by atoms with E-state index in [1.165, 1.54) is 4.90 Å². The molecule has 0 saturated carbocycles. The Morgan fingerprint density at radius 3 is 2.61 bits per heavy atom. The second kappa shape index (κ2) is 10.6. The van der Waals surface area contributed by atoms with Gasteiger partial charge in [0.05, 0.1) is 17.2 Å². The molecule has 0 bridgehead atoms. The smallest absolute Gasteiger partial charge is 0.329 e. The maximum Gasteiger partial charge on any atom is 0.329 e. The number of amides is 2. The Hall–Kier alpha value is -2.74. The fourth-order valence-electron chi connectivity index (χ4n) is 2.37. The van der Waals surface area contributed by atoms with Crippen LogP contribution >= 0.6 is 11.3 Å². The molecule has 1 atom stereocenters. The van der Waals surface area contributed by atoms with Gasteiger partial charge in [-0.1, -0.05) is 44.2 Å². The Labute approximate surface area is 168 Å². The lowest BCUT2D eigenvalue weighted by Crippen LogP contribution is -2.47. The van der Waals surface area contributed by atoms with E-state index in [-0.39, 0.29) is 13.0 Å². The largest absolute Gasteiger partial charge is 0.459 e. The van der Waals surface area contributed by atoms with Gasteiger partial charge < -0.3 is 19.7 Å². The minimum absolute atomic E-state index is 0.0809. The van der Waals surface area contributed by atoms with E-state index in [2.05, 4.69) is 24.1 Å². The van der Waals surface area contributed by atoms with Crippen LogP contribution in [-0.4, -0.2) is 41.3 Å². The molecule has 0 spiro atoms. The predicted octanol–water partition coefficient (Wildman–Crippen LogP) is 3.11. The van der Waals surface area contributed by atoms with E-state index >= 15 is 0 Å². The molecule has 150 valence electrons. The van der Waals surface area contributed by atoms with E-state index in [0.29, 0.717) is 18.7 Å². The molecular formula is C20H25N3O4S. The molecule has 2 amide bonds. The maximum absolute atomic E-state index is 12.4. The summed E-state index contributed by atoms with van der Waals surface area (Å²) < 4.78 is 5.23. The monoisotopic (exact) mass is 403 g/mol. The number of hydrogen-bond donors (Lipinski definition) is 1. The van der Waals surface area contributed by atoms with Crippen LogP contribution in [0, 0.1) is 0 Å². The molecule has 8 heteroatoms. The van der Waals surface area contributed by atoms with Gasteiger partial charge in [0.25, 0.3) is 0 Å². The van der Waals surface area contributed by atoms with Crippen molar-refractivity contribution in [3.63, 3.8) is 0 Å². The Balaban J connectivity index is 1.90. The Bertz CT molecular complexity index is 792. The average molecular weight is 404 g/mol. The number of aromatic nitrogens is 1. The van der Waals surface area contributed by atoms with Gasteiger partial charge in [0.15, 0.2) is 0 Å². The summed E-state index contributed by atoms with van der Waals surface area (Å²) in [6.07, 6.45) is 0.436. The molecule has 0 fully saturated rings. The predicted molar refractivity (Wildman–Crippen MR) is 107 cm³/mol. The molecule has 1 heterocycles. The molecule has 2 rings (SSSR count). The number of rotatable bonds is 9. The molecule has 1 N–H and O–H groups in total. The lowest BCUT2D eigenvalue weighted by atomic mass is 10.2. The summed E-state index contributed by atoms with van der Waals surface area (Å²) in [5, 5.41) is 5.48. The molecule has 0 aliphatic carbocycles. The second-order valence-electron chi connectivity index (χ2n) is 6.69. The van der Waals surface area contributed by atoms with Crippen molar-refractivity contribution in [3.8, 4) is 0 Å². The fraction of sp³-hybridized carbons (Fsp3) is 0.400. The van der Waals surface area contributed by atoms with Gasteiger partial charge in [0.2, 0.25) is 0 Å². The maximum atomic E-state index is 12.4. The van der Waals surface area contributed by atoms with Gasteiger partial charge in [0, 0.05) is 24.8 Å². The zero-order valence-corrected chi connectivity index (χ0v) is 17.1. The molecule has 0 aliphatic heterocycles. The van der Waals surface area contributed by atoms with Crippen molar-refractivity contribution in [2.24, 2.45) is 0 Å². The third-order valence-electron chi connectivity index (χ3n) is 3.95. The fourth-order valence-corrected chi connectivity index (χ4v) is 3.20. The van der Waals surface area contributed by atoms with Crippen molar-refractivity contribution in [2.75, 3.05) is 7.05 Å². The molecule has 7 nitrogen and oxygen atoms in total. The number of hydrogen-bond acceptors (Lipinski definition) is 6. The van der Waals surface area contributed by atoms with E-state index in [1.807, 2.05) is 35.7 Å². The number of thiazole rings is 1. The normalized spacial score (nSPS) is 11.7. The highest BCUT2D eigenvalue weighted by atomic mass is 32.1. The number of esters is 1. The number of urea groups is 1. The van der Waals surface area contributed by atoms with Gasteiger partial charge in [-0.25, -0.2) is 14.6 Å². The zero-order valence-electron chi connectivity index (χ0n) is 16.3. The van der Waals surface area contributed by atoms with Gasteiger partial charge in [0.1, 0.15) is 18.9 Å². The summed E-state index contributed by atoms with van der Waals surface area (Å²) in [4.78, 5) is 41.5. The van der Waals surface area contributed by atoms with Crippen molar-refractivity contribution in [1.29, 1.82) is 0 Å². The Morgan fingerprint density at radius 1 is 1.29 bits per heavy atom. The van der Waals surface area contributed by atoms with Crippen molar-refractivity contribution < 1.29 is 19.1 Å². The van der Waals surface area contributed by atoms with Gasteiger partial charge in [-0.2, -0.15) is 0 Å². The molecule has 0 aliphatic rings. The molecule has 2 aromatic rings. The number of benzene rings is 1. The molecular weight excluding hydrogens is 378 g/mol. The van der Waals surface area contributed by atoms with E-state index in [9.17, 15) is 14.4 Å². The summed E-state index contributed by atoms with van der Waals surface area (Å²) in [5.74, 6) is -0.317. The van der Waals surface area contributed by atoms with Gasteiger partial charge >= 0.3 is 12.0 Å². The number of nitrogens with zero attached hydrogens (tertiary/aromatic N) is 2. The van der Waals surface area contributed by atoms with Crippen LogP contribution in [-0.2, 0) is 27.5 Å². The zero-order chi connectivity index (χ0) is 20.5. The number of nitrogens with one attached hydrogen (secondary N) is 1. The topological polar surface area (TPSA) is 88.6 Å². The average Bonchev–Trinajstić information content (AvgIpc) is 3.15. The first-order valence-corrected chi connectivity index (χ1v) is 9.88. The first kappa shape index (κ1) is 21.6. The first-order valence-electron chi connectivity index (χ1n) is 9.00. The van der Waals surface area contributed by atoms with Crippen molar-refractivity contribution in [3.05, 3.63) is 52.0 Å². The number of carbonyl (C=O) groups excluding carboxylic acids is 3. The van der Waals surface area contributed by atoms with E-state index < -0.39 is 18.0 Å². The Morgan fingerprint density at radius 2 is 2.00 bits per heavy atom. The number of aldehydes is 1. The third kappa shape index (κ3) is 6.45. The van der Waals surface area contributed by atoms with Crippen LogP contribution in [0.25, 0.3) is 0 Å². The number of ether oxygens (including phenoxy) is 1. The summed E-state index contributed by atoms with van der Waals surface area (Å²) in [7, 11) is 1.61. The second-order valence-corrected chi connectivity index (χ2v) is 7.58. The van der Waals surface area contributed by atoms with Gasteiger partial charge in [-0.3, -0.25) is 0 Å². The number of carbonyl (C=O) groups is 3. The molecule has 28 heavy (non-hydrogen) atoms. The van der Waals surface area contributed by atoms with Gasteiger partial charge in [-0.15, -0.1) is 11.3 Å². The van der Waals surface area contributed by atoms with Crippen LogP contribution in [0.1, 0.15) is 42.5 Å². The van der Waals surface area contributed by atoms with Crippen LogP contribution in [0.15, 0.2) is 35.7 Å². The SMILES string of the molecule is CC(C)c1nc(CN(C)C(=O)NC(CC=O)C(=O)OCc2ccccc2)cs1. The van der Waals surface area contributed by atoms with Crippen LogP contribution < -0.4 is 5.32 Å². The standard InChI is InChI=1S/C20H25N3O4S/c1-14(2)18-21-16(13-28-18)11-23(3)20(26)22-17(9-10-24)19(25)27-12-15-7-5-4-6-8-15/h4-8,10,13-14,17H,9,11-12H2,1-3H3,(H,22,26). The van der Waals surface area contributed by atoms with Crippen molar-refractivity contribution >= 4 is 29.6 Å². The van der Waals surface area contributed by atoms with E-state index in [1.54, 1.807) is 18.4 Å². The highest BCUT2D eigenvalue weighted by Gasteiger charge is 2.24. The highest BCUT2D eigenvalue weighted by Crippen LogP contribution is 2.19. The highest BCUT2D eigenvalue weighted by molar-refractivity contribution is 7.09. The minimum atomic E-state index is -1.03. The lowest BCUT2D eigenvalue weighted by molar-refractivity contribution is -0.148.